The summed E-state index contributed by atoms with van der Waals surface area (Å²) < 4.78 is 16.8. The fourth-order valence-electron chi connectivity index (χ4n) is 7.44. The zero-order chi connectivity index (χ0) is 46.5. The van der Waals surface area contributed by atoms with Gasteiger partial charge in [-0.1, -0.05) is 222 Å². The second-order valence-corrected chi connectivity index (χ2v) is 17.8. The Morgan fingerprint density at radius 2 is 0.625 bits per heavy atom. The number of allylic oxidation sites excluding steroid dienone is 12. The highest BCUT2D eigenvalue weighted by Crippen LogP contribution is 2.14. The zero-order valence-electron chi connectivity index (χ0n) is 42.0. The first-order valence-corrected chi connectivity index (χ1v) is 27.0. The number of ether oxygens (including phenoxy) is 3. The van der Waals surface area contributed by atoms with Crippen LogP contribution in [0.25, 0.3) is 0 Å². The quantitative estimate of drug-likeness (QED) is 0.0199. The van der Waals surface area contributed by atoms with Gasteiger partial charge in [0.05, 0.1) is 0 Å². The molecule has 0 aliphatic carbocycles. The van der Waals surface area contributed by atoms with Crippen molar-refractivity contribution >= 4 is 17.9 Å². The lowest BCUT2D eigenvalue weighted by Crippen LogP contribution is -2.30. The SMILES string of the molecule is CC/C=C/C=C/C=C/C=C/CCCCCC(=O)OCC(COC(=O)CCCCCCCCC/C=C/CCCCCCCC)OC(=O)CCCCCCC/C=C/CCCCCCCCC. The van der Waals surface area contributed by atoms with Gasteiger partial charge in [-0.25, -0.2) is 0 Å². The molecule has 0 aromatic heterocycles. The highest BCUT2D eigenvalue weighted by Gasteiger charge is 2.19. The molecule has 0 aromatic rings. The first kappa shape index (κ1) is 60.9. The molecule has 0 aliphatic heterocycles. The summed E-state index contributed by atoms with van der Waals surface area (Å²) in [4.78, 5) is 38.0. The molecule has 0 radical (unpaired) electrons. The van der Waals surface area contributed by atoms with Crippen LogP contribution >= 0.6 is 0 Å². The van der Waals surface area contributed by atoms with E-state index in [1.165, 1.54) is 135 Å². The first-order valence-electron chi connectivity index (χ1n) is 27.0. The summed E-state index contributed by atoms with van der Waals surface area (Å²) in [5, 5.41) is 0. The third kappa shape index (κ3) is 49.9. The lowest BCUT2D eigenvalue weighted by Gasteiger charge is -2.18. The number of hydrogen-bond acceptors (Lipinski definition) is 6. The van der Waals surface area contributed by atoms with Crippen molar-refractivity contribution in [2.75, 3.05) is 13.2 Å². The van der Waals surface area contributed by atoms with Gasteiger partial charge in [0, 0.05) is 19.3 Å². The van der Waals surface area contributed by atoms with Crippen LogP contribution in [-0.2, 0) is 28.6 Å². The molecule has 0 N–H and O–H groups in total. The number of carbonyl (C=O) groups is 3. The normalized spacial score (nSPS) is 12.6. The summed E-state index contributed by atoms with van der Waals surface area (Å²) in [5.41, 5.74) is 0. The van der Waals surface area contributed by atoms with Crippen LogP contribution in [-0.4, -0.2) is 37.2 Å². The molecule has 0 aliphatic rings. The number of esters is 3. The third-order valence-electron chi connectivity index (χ3n) is 11.5. The Morgan fingerprint density at radius 1 is 0.328 bits per heavy atom. The summed E-state index contributed by atoms with van der Waals surface area (Å²) in [6.07, 6.45) is 66.0. The summed E-state index contributed by atoms with van der Waals surface area (Å²) in [6, 6.07) is 0. The van der Waals surface area contributed by atoms with Crippen LogP contribution in [0.15, 0.2) is 72.9 Å². The number of carbonyl (C=O) groups excluding carboxylic acids is 3. The summed E-state index contributed by atoms with van der Waals surface area (Å²) in [6.45, 7) is 6.46. The molecule has 0 saturated heterocycles. The van der Waals surface area contributed by atoms with Gasteiger partial charge in [-0.15, -0.1) is 0 Å². The molecule has 0 fully saturated rings. The third-order valence-corrected chi connectivity index (χ3v) is 11.5. The fourth-order valence-corrected chi connectivity index (χ4v) is 7.44. The minimum Gasteiger partial charge on any atom is -0.462 e. The van der Waals surface area contributed by atoms with E-state index >= 15 is 0 Å². The van der Waals surface area contributed by atoms with E-state index in [0.717, 1.165) is 83.5 Å². The minimum atomic E-state index is -0.797. The van der Waals surface area contributed by atoms with Crippen LogP contribution in [0, 0.1) is 0 Å². The Bertz CT molecular complexity index is 1210. The molecule has 1 atom stereocenters. The van der Waals surface area contributed by atoms with E-state index in [-0.39, 0.29) is 31.1 Å². The van der Waals surface area contributed by atoms with Crippen LogP contribution in [0.1, 0.15) is 258 Å². The molecule has 0 saturated carbocycles. The Morgan fingerprint density at radius 3 is 1.02 bits per heavy atom. The van der Waals surface area contributed by atoms with E-state index in [1.54, 1.807) is 0 Å². The maximum absolute atomic E-state index is 12.8. The lowest BCUT2D eigenvalue weighted by atomic mass is 10.1. The zero-order valence-corrected chi connectivity index (χ0v) is 42.0. The molecule has 0 spiro atoms. The maximum atomic E-state index is 12.8. The standard InChI is InChI=1S/C58H100O6/c1-4-7-10-13-16-19-22-25-27-29-31-33-36-39-42-45-48-51-57(60)63-54-55(53-62-56(59)50-47-44-41-38-35-32-24-21-18-15-12-9-6-3)64-58(61)52-49-46-43-40-37-34-30-28-26-23-20-17-14-11-8-5-2/h9,12,15,18,21,24-25,27-28,30,32,35,55H,4-8,10-11,13-14,16-17,19-20,22-23,26,29,31,33-34,36-54H2,1-3H3/b12-9+,18-15+,24-21+,27-25+,30-28+,35-32+. The molecule has 368 valence electrons. The molecule has 6 heteroatoms. The summed E-state index contributed by atoms with van der Waals surface area (Å²) in [5.74, 6) is -0.942. The molecule has 0 rings (SSSR count). The highest BCUT2D eigenvalue weighted by molar-refractivity contribution is 5.71. The molecule has 64 heavy (non-hydrogen) atoms. The van der Waals surface area contributed by atoms with Crippen molar-refractivity contribution in [3.8, 4) is 0 Å². The van der Waals surface area contributed by atoms with Crippen LogP contribution in [0.3, 0.4) is 0 Å². The van der Waals surface area contributed by atoms with E-state index in [2.05, 4.69) is 63.3 Å². The Hall–Kier alpha value is -3.15. The average Bonchev–Trinajstić information content (AvgIpc) is 3.29. The van der Waals surface area contributed by atoms with Gasteiger partial charge in [-0.3, -0.25) is 14.4 Å². The van der Waals surface area contributed by atoms with E-state index in [1.807, 2.05) is 30.4 Å². The average molecular weight is 893 g/mol. The monoisotopic (exact) mass is 893 g/mol. The maximum Gasteiger partial charge on any atom is 0.306 e. The second-order valence-electron chi connectivity index (χ2n) is 17.8. The van der Waals surface area contributed by atoms with Gasteiger partial charge in [0.25, 0.3) is 0 Å². The van der Waals surface area contributed by atoms with Crippen molar-refractivity contribution in [2.24, 2.45) is 0 Å². The van der Waals surface area contributed by atoms with E-state index < -0.39 is 6.10 Å². The van der Waals surface area contributed by atoms with E-state index in [9.17, 15) is 14.4 Å². The predicted octanol–water partition coefficient (Wildman–Crippen LogP) is 17.8. The van der Waals surface area contributed by atoms with Crippen molar-refractivity contribution in [3.05, 3.63) is 72.9 Å². The number of hydrogen-bond donors (Lipinski definition) is 0. The topological polar surface area (TPSA) is 78.9 Å². The van der Waals surface area contributed by atoms with E-state index in [4.69, 9.17) is 14.2 Å². The van der Waals surface area contributed by atoms with Crippen molar-refractivity contribution in [1.29, 1.82) is 0 Å². The van der Waals surface area contributed by atoms with Gasteiger partial charge >= 0.3 is 17.9 Å². The molecule has 0 aromatic carbocycles. The van der Waals surface area contributed by atoms with Crippen LogP contribution in [0.4, 0.5) is 0 Å². The predicted molar refractivity (Wildman–Crippen MR) is 274 cm³/mol. The van der Waals surface area contributed by atoms with Crippen LogP contribution < -0.4 is 0 Å². The van der Waals surface area contributed by atoms with Gasteiger partial charge < -0.3 is 14.2 Å². The number of rotatable bonds is 48. The molecule has 1 unspecified atom stereocenters. The molecule has 0 heterocycles. The van der Waals surface area contributed by atoms with Gasteiger partial charge in [0.1, 0.15) is 13.2 Å². The second kappa shape index (κ2) is 52.5. The molecule has 6 nitrogen and oxygen atoms in total. The van der Waals surface area contributed by atoms with Gasteiger partial charge in [0.15, 0.2) is 6.10 Å². The highest BCUT2D eigenvalue weighted by atomic mass is 16.6. The summed E-state index contributed by atoms with van der Waals surface area (Å²) >= 11 is 0. The van der Waals surface area contributed by atoms with Crippen molar-refractivity contribution in [1.82, 2.24) is 0 Å². The summed E-state index contributed by atoms with van der Waals surface area (Å²) in [7, 11) is 0. The number of unbranched alkanes of at least 4 members (excludes halogenated alkanes) is 28. The Kier molecular flexibility index (Phi) is 49.9. The van der Waals surface area contributed by atoms with Gasteiger partial charge in [0.2, 0.25) is 0 Å². The van der Waals surface area contributed by atoms with Gasteiger partial charge in [-0.05, 0) is 89.9 Å². The lowest BCUT2D eigenvalue weighted by molar-refractivity contribution is -0.167. The fraction of sp³-hybridized carbons (Fsp3) is 0.741. The molecular weight excluding hydrogens is 793 g/mol. The smallest absolute Gasteiger partial charge is 0.306 e. The van der Waals surface area contributed by atoms with Gasteiger partial charge in [-0.2, -0.15) is 0 Å². The van der Waals surface area contributed by atoms with Crippen LogP contribution in [0.2, 0.25) is 0 Å². The molecule has 0 bridgehead atoms. The first-order chi connectivity index (χ1) is 31.5. The minimum absolute atomic E-state index is 0.0935. The Balaban J connectivity index is 4.43. The molecular formula is C58H100O6. The largest absolute Gasteiger partial charge is 0.462 e. The van der Waals surface area contributed by atoms with E-state index in [0.29, 0.717) is 19.3 Å². The van der Waals surface area contributed by atoms with Crippen molar-refractivity contribution < 1.29 is 28.6 Å². The van der Waals surface area contributed by atoms with Crippen molar-refractivity contribution in [3.63, 3.8) is 0 Å². The van der Waals surface area contributed by atoms with Crippen LogP contribution in [0.5, 0.6) is 0 Å². The molecule has 0 amide bonds. The van der Waals surface area contributed by atoms with Crippen molar-refractivity contribution in [2.45, 2.75) is 264 Å². The Labute approximate surface area is 395 Å².